The smallest absolute Gasteiger partial charge is 0.00472 e. The lowest BCUT2D eigenvalue weighted by molar-refractivity contribution is 0.523. The Morgan fingerprint density at radius 1 is 1.00 bits per heavy atom. The third-order valence-corrected chi connectivity index (χ3v) is 2.13. The minimum atomic E-state index is 0. The maximum atomic E-state index is 2.28. The van der Waals surface area contributed by atoms with Gasteiger partial charge in [0, 0.05) is 0 Å². The molecule has 0 unspecified atom stereocenters. The maximum Gasteiger partial charge on any atom is -0.00472 e. The van der Waals surface area contributed by atoms with Crippen molar-refractivity contribution in [2.24, 2.45) is 11.8 Å². The molecule has 0 N–H and O–H groups in total. The lowest BCUT2D eigenvalue weighted by atomic mass is 9.97. The molecule has 0 aromatic heterocycles. The molecule has 0 spiro atoms. The van der Waals surface area contributed by atoms with Crippen LogP contribution >= 0.6 is 0 Å². The van der Waals surface area contributed by atoms with Crippen molar-refractivity contribution in [3.63, 3.8) is 0 Å². The normalized spacial score (nSPS) is 15.9. The highest BCUT2D eigenvalue weighted by atomic mass is 14.1. The molecule has 13 heavy (non-hydrogen) atoms. The first-order valence-corrected chi connectivity index (χ1v) is 4.80. The van der Waals surface area contributed by atoms with E-state index in [1.807, 2.05) is 0 Å². The Kier molecular flexibility index (Phi) is 6.30. The van der Waals surface area contributed by atoms with Crippen molar-refractivity contribution in [1.29, 1.82) is 0 Å². The van der Waals surface area contributed by atoms with Gasteiger partial charge in [0.05, 0.1) is 0 Å². The van der Waals surface area contributed by atoms with Gasteiger partial charge < -0.3 is 0 Å². The molecular weight excluding hydrogens is 156 g/mol. The average molecular weight is 178 g/mol. The Hall–Kier alpha value is -0.780. The van der Waals surface area contributed by atoms with E-state index in [0.29, 0.717) is 5.92 Å². The molecule has 0 aromatic carbocycles. The minimum absolute atomic E-state index is 0. The molecule has 1 aliphatic carbocycles. The van der Waals surface area contributed by atoms with Gasteiger partial charge >= 0.3 is 0 Å². The first-order valence-electron chi connectivity index (χ1n) is 4.80. The molecule has 0 aromatic rings. The quantitative estimate of drug-likeness (QED) is 0.602. The molecule has 1 aliphatic rings. The molecule has 0 amide bonds. The van der Waals surface area contributed by atoms with E-state index in [2.05, 4.69) is 50.3 Å². The van der Waals surface area contributed by atoms with E-state index in [0.717, 1.165) is 5.92 Å². The van der Waals surface area contributed by atoms with Gasteiger partial charge in [-0.2, -0.15) is 0 Å². The molecule has 0 atom stereocenters. The predicted octanol–water partition coefficient (Wildman–Crippen LogP) is 4.36. The van der Waals surface area contributed by atoms with Crippen LogP contribution in [-0.4, -0.2) is 0 Å². The van der Waals surface area contributed by atoms with Crippen LogP contribution in [0.3, 0.4) is 0 Å². The lowest BCUT2D eigenvalue weighted by Crippen LogP contribution is -1.95. The van der Waals surface area contributed by atoms with Crippen molar-refractivity contribution in [2.45, 2.75) is 34.1 Å². The maximum absolute atomic E-state index is 2.28. The molecule has 1 rings (SSSR count). The van der Waals surface area contributed by atoms with E-state index in [-0.39, 0.29) is 7.43 Å². The number of rotatable bonds is 3. The van der Waals surface area contributed by atoms with Crippen LogP contribution in [0.1, 0.15) is 34.1 Å². The molecule has 0 radical (unpaired) electrons. The molecule has 0 heterocycles. The van der Waals surface area contributed by atoms with Gasteiger partial charge in [-0.25, -0.2) is 0 Å². The second kappa shape index (κ2) is 6.71. The molecule has 0 fully saturated rings. The monoisotopic (exact) mass is 178 g/mol. The molecule has 0 saturated carbocycles. The molecule has 0 nitrogen and oxygen atoms in total. The summed E-state index contributed by atoms with van der Waals surface area (Å²) in [6, 6.07) is 0. The van der Waals surface area contributed by atoms with Crippen LogP contribution in [0.4, 0.5) is 0 Å². The number of hydrogen-bond acceptors (Lipinski definition) is 0. The average Bonchev–Trinajstić information content (AvgIpc) is 2.28. The fourth-order valence-electron chi connectivity index (χ4n) is 1.32. The summed E-state index contributed by atoms with van der Waals surface area (Å²) in [6.45, 7) is 4.56. The van der Waals surface area contributed by atoms with E-state index in [1.165, 1.54) is 12.8 Å². The lowest BCUT2D eigenvalue weighted by Gasteiger charge is -2.08. The zero-order valence-electron chi connectivity index (χ0n) is 8.03. The van der Waals surface area contributed by atoms with E-state index < -0.39 is 0 Å². The SMILES string of the molecule is C.CC(C)CCC1C=CC=CC=C1. The fraction of sp³-hybridized carbons (Fsp3) is 0.538. The van der Waals surface area contributed by atoms with Crippen molar-refractivity contribution < 1.29 is 0 Å². The van der Waals surface area contributed by atoms with Crippen LogP contribution in [0.2, 0.25) is 0 Å². The first-order chi connectivity index (χ1) is 5.79. The van der Waals surface area contributed by atoms with Crippen molar-refractivity contribution in [1.82, 2.24) is 0 Å². The van der Waals surface area contributed by atoms with Crippen LogP contribution in [0.25, 0.3) is 0 Å². The minimum Gasteiger partial charge on any atom is -0.0776 e. The third-order valence-electron chi connectivity index (χ3n) is 2.13. The van der Waals surface area contributed by atoms with Gasteiger partial charge in [0.1, 0.15) is 0 Å². The second-order valence-corrected chi connectivity index (χ2v) is 3.79. The Morgan fingerprint density at radius 2 is 1.54 bits per heavy atom. The summed E-state index contributed by atoms with van der Waals surface area (Å²) in [5, 5.41) is 0. The van der Waals surface area contributed by atoms with Gasteiger partial charge in [-0.3, -0.25) is 0 Å². The summed E-state index contributed by atoms with van der Waals surface area (Å²) >= 11 is 0. The second-order valence-electron chi connectivity index (χ2n) is 3.79. The summed E-state index contributed by atoms with van der Waals surface area (Å²) in [7, 11) is 0. The van der Waals surface area contributed by atoms with E-state index in [9.17, 15) is 0 Å². The zero-order chi connectivity index (χ0) is 8.81. The van der Waals surface area contributed by atoms with Crippen LogP contribution < -0.4 is 0 Å². The van der Waals surface area contributed by atoms with Crippen molar-refractivity contribution in [3.05, 3.63) is 36.5 Å². The van der Waals surface area contributed by atoms with Gasteiger partial charge in [-0.1, -0.05) is 64.2 Å². The highest BCUT2D eigenvalue weighted by molar-refractivity contribution is 5.19. The van der Waals surface area contributed by atoms with E-state index in [1.54, 1.807) is 0 Å². The molecule has 0 bridgehead atoms. The molecule has 0 aliphatic heterocycles. The van der Waals surface area contributed by atoms with Crippen LogP contribution in [0, 0.1) is 11.8 Å². The summed E-state index contributed by atoms with van der Waals surface area (Å²) in [5.74, 6) is 1.48. The zero-order valence-corrected chi connectivity index (χ0v) is 8.03. The number of hydrogen-bond donors (Lipinski definition) is 0. The first kappa shape index (κ1) is 12.2. The fourth-order valence-corrected chi connectivity index (χ4v) is 1.32. The number of allylic oxidation sites excluding steroid dienone is 6. The summed E-state index contributed by atoms with van der Waals surface area (Å²) < 4.78 is 0. The van der Waals surface area contributed by atoms with Gasteiger partial charge in [0.15, 0.2) is 0 Å². The highest BCUT2D eigenvalue weighted by Gasteiger charge is 2.02. The topological polar surface area (TPSA) is 0 Å². The largest absolute Gasteiger partial charge is 0.0776 e. The van der Waals surface area contributed by atoms with Gasteiger partial charge in [0.2, 0.25) is 0 Å². The summed E-state index contributed by atoms with van der Waals surface area (Å²) in [5.41, 5.74) is 0. The Balaban J connectivity index is 0.00000144. The Morgan fingerprint density at radius 3 is 2.00 bits per heavy atom. The molecule has 0 heteroatoms. The van der Waals surface area contributed by atoms with Crippen molar-refractivity contribution >= 4 is 0 Å². The van der Waals surface area contributed by atoms with Gasteiger partial charge in [-0.15, -0.1) is 0 Å². The van der Waals surface area contributed by atoms with Crippen molar-refractivity contribution in [3.8, 4) is 0 Å². The van der Waals surface area contributed by atoms with Crippen LogP contribution in [-0.2, 0) is 0 Å². The highest BCUT2D eigenvalue weighted by Crippen LogP contribution is 2.16. The van der Waals surface area contributed by atoms with Gasteiger partial charge in [0.25, 0.3) is 0 Å². The van der Waals surface area contributed by atoms with Gasteiger partial charge in [-0.05, 0) is 18.3 Å². The van der Waals surface area contributed by atoms with Crippen LogP contribution in [0.5, 0.6) is 0 Å². The molecule has 0 saturated heterocycles. The Bertz CT molecular complexity index is 178. The molecular formula is C13H22. The van der Waals surface area contributed by atoms with E-state index >= 15 is 0 Å². The van der Waals surface area contributed by atoms with Crippen LogP contribution in [0.15, 0.2) is 36.5 Å². The predicted molar refractivity (Wildman–Crippen MR) is 61.7 cm³/mol. The van der Waals surface area contributed by atoms with Crippen molar-refractivity contribution in [2.75, 3.05) is 0 Å². The Labute approximate surface area is 83.0 Å². The summed E-state index contributed by atoms with van der Waals surface area (Å²) in [4.78, 5) is 0. The summed E-state index contributed by atoms with van der Waals surface area (Å²) in [6.07, 6.45) is 15.6. The standard InChI is InChI=1S/C12H18.CH4/c1-11(2)9-10-12-7-5-3-4-6-8-12;/h3-8,11-12H,9-10H2,1-2H3;1H4. The molecule has 74 valence electrons. The van der Waals surface area contributed by atoms with E-state index in [4.69, 9.17) is 0 Å². The third kappa shape index (κ3) is 5.46.